The molecule has 182 valence electrons. The summed E-state index contributed by atoms with van der Waals surface area (Å²) in [5.74, 6) is -2.57. The van der Waals surface area contributed by atoms with Gasteiger partial charge in [0.15, 0.2) is 5.82 Å². The number of nitrogens with one attached hydrogen (secondary N) is 3. The van der Waals surface area contributed by atoms with Crippen molar-refractivity contribution in [2.24, 2.45) is 0 Å². The number of nitrogens with zero attached hydrogens (tertiary/aromatic N) is 3. The van der Waals surface area contributed by atoms with E-state index in [1.54, 1.807) is 24.3 Å². The van der Waals surface area contributed by atoms with E-state index < -0.39 is 23.9 Å². The van der Waals surface area contributed by atoms with Gasteiger partial charge in [0.2, 0.25) is 5.95 Å². The summed E-state index contributed by atoms with van der Waals surface area (Å²) in [4.78, 5) is 57.2. The average molecular weight is 473 g/mol. The molecule has 13 heteroatoms. The van der Waals surface area contributed by atoms with E-state index >= 15 is 0 Å². The van der Waals surface area contributed by atoms with Crippen LogP contribution in [0.15, 0.2) is 29.1 Å². The summed E-state index contributed by atoms with van der Waals surface area (Å²) in [7, 11) is 3.68. The Morgan fingerprint density at radius 1 is 1.29 bits per heavy atom. The number of rotatable bonds is 9. The maximum absolute atomic E-state index is 12.4. The zero-order valence-corrected chi connectivity index (χ0v) is 18.7. The number of hydrogen-bond acceptors (Lipinski definition) is 9. The first-order valence-corrected chi connectivity index (χ1v) is 10.5. The number of nitrogens with two attached hydrogens (primary N) is 1. The lowest BCUT2D eigenvalue weighted by atomic mass is 10.1. The normalized spacial score (nSPS) is 15.6. The van der Waals surface area contributed by atoms with Crippen LogP contribution in [0.3, 0.4) is 0 Å². The molecule has 13 nitrogen and oxygen atoms in total. The van der Waals surface area contributed by atoms with Crippen molar-refractivity contribution in [3.63, 3.8) is 0 Å². The summed E-state index contributed by atoms with van der Waals surface area (Å²) in [6.07, 6.45) is -0.584. The number of likely N-dealkylation sites (N-methyl/N-ethyl adjacent to an activating group) is 2. The first-order valence-electron chi connectivity index (χ1n) is 10.5. The van der Waals surface area contributed by atoms with Gasteiger partial charge in [0.05, 0.1) is 6.04 Å². The van der Waals surface area contributed by atoms with Crippen LogP contribution in [0.5, 0.6) is 0 Å². The molecule has 1 aliphatic heterocycles. The minimum atomic E-state index is -1.30. The number of anilines is 4. The number of H-pyrrole nitrogens is 1. The highest BCUT2D eigenvalue weighted by Crippen LogP contribution is 2.26. The molecular formula is C21H27N7O6. The minimum Gasteiger partial charge on any atom is -0.481 e. The second-order valence-electron chi connectivity index (χ2n) is 8.02. The predicted molar refractivity (Wildman–Crippen MR) is 125 cm³/mol. The first-order chi connectivity index (χ1) is 16.1. The first kappa shape index (κ1) is 24.4. The van der Waals surface area contributed by atoms with Crippen molar-refractivity contribution in [3.8, 4) is 0 Å². The Balaban J connectivity index is 1.64. The number of carbonyl (C=O) groups excluding carboxylic acids is 1. The van der Waals surface area contributed by atoms with Crippen LogP contribution in [0.4, 0.5) is 23.1 Å². The van der Waals surface area contributed by atoms with Crippen LogP contribution in [0.2, 0.25) is 0 Å². The predicted octanol–water partition coefficient (Wildman–Crippen LogP) is -0.233. The molecule has 2 unspecified atom stereocenters. The Morgan fingerprint density at radius 2 is 1.97 bits per heavy atom. The Labute approximate surface area is 194 Å². The minimum absolute atomic E-state index is 0.0425. The summed E-state index contributed by atoms with van der Waals surface area (Å²) in [6, 6.07) is 5.22. The van der Waals surface area contributed by atoms with Gasteiger partial charge in [-0.25, -0.2) is 4.79 Å². The largest absolute Gasteiger partial charge is 0.481 e. The molecule has 0 aliphatic carbocycles. The van der Waals surface area contributed by atoms with E-state index in [2.05, 4.69) is 20.6 Å². The molecule has 34 heavy (non-hydrogen) atoms. The zero-order valence-electron chi connectivity index (χ0n) is 18.7. The molecule has 2 heterocycles. The van der Waals surface area contributed by atoms with Gasteiger partial charge >= 0.3 is 11.9 Å². The molecule has 1 aromatic heterocycles. The number of hydrogen-bond donors (Lipinski definition) is 6. The highest BCUT2D eigenvalue weighted by atomic mass is 16.4. The molecule has 0 spiro atoms. The number of benzene rings is 1. The van der Waals surface area contributed by atoms with Gasteiger partial charge in [-0.05, 0) is 30.7 Å². The number of aromatic amines is 1. The average Bonchev–Trinajstić information content (AvgIpc) is 2.77. The van der Waals surface area contributed by atoms with Gasteiger partial charge in [-0.15, -0.1) is 0 Å². The maximum atomic E-state index is 12.4. The molecule has 0 saturated carbocycles. The van der Waals surface area contributed by atoms with Crippen LogP contribution < -0.4 is 31.7 Å². The van der Waals surface area contributed by atoms with E-state index in [9.17, 15) is 24.3 Å². The fourth-order valence-corrected chi connectivity index (χ4v) is 3.71. The second kappa shape index (κ2) is 10.1. The second-order valence-corrected chi connectivity index (χ2v) is 8.02. The van der Waals surface area contributed by atoms with E-state index in [1.165, 1.54) is 0 Å². The van der Waals surface area contributed by atoms with Crippen molar-refractivity contribution < 1.29 is 24.6 Å². The molecule has 0 fully saturated rings. The van der Waals surface area contributed by atoms with Crippen LogP contribution in [-0.2, 0) is 9.59 Å². The summed E-state index contributed by atoms with van der Waals surface area (Å²) in [5, 5.41) is 23.4. The number of nitrogen functional groups attached to an aromatic ring is 1. The van der Waals surface area contributed by atoms with Crippen molar-refractivity contribution in [1.82, 2.24) is 15.3 Å². The van der Waals surface area contributed by atoms with E-state index in [1.807, 2.05) is 23.9 Å². The summed E-state index contributed by atoms with van der Waals surface area (Å²) >= 11 is 0. The van der Waals surface area contributed by atoms with Gasteiger partial charge in [0.1, 0.15) is 11.7 Å². The molecule has 0 radical (unpaired) electrons. The van der Waals surface area contributed by atoms with Crippen LogP contribution in [-0.4, -0.2) is 77.3 Å². The third-order valence-electron chi connectivity index (χ3n) is 5.62. The molecular weight excluding hydrogens is 446 g/mol. The van der Waals surface area contributed by atoms with Crippen molar-refractivity contribution >= 4 is 41.0 Å². The van der Waals surface area contributed by atoms with Gasteiger partial charge < -0.3 is 36.4 Å². The number of amides is 1. The third kappa shape index (κ3) is 5.54. The number of carboxylic acids is 2. The summed E-state index contributed by atoms with van der Waals surface area (Å²) in [6.45, 7) is 1.09. The number of aliphatic carboxylic acids is 2. The zero-order chi connectivity index (χ0) is 25.0. The summed E-state index contributed by atoms with van der Waals surface area (Å²) < 4.78 is 0. The maximum Gasteiger partial charge on any atom is 0.326 e. The molecule has 0 bridgehead atoms. The monoisotopic (exact) mass is 473 g/mol. The van der Waals surface area contributed by atoms with Crippen molar-refractivity contribution in [3.05, 3.63) is 40.2 Å². The number of aromatic nitrogens is 2. The lowest BCUT2D eigenvalue weighted by molar-refractivity contribution is -0.140. The van der Waals surface area contributed by atoms with E-state index in [-0.39, 0.29) is 36.0 Å². The lowest BCUT2D eigenvalue weighted by Crippen LogP contribution is -2.50. The fourth-order valence-electron chi connectivity index (χ4n) is 3.71. The molecule has 2 aromatic rings. The number of carbonyl (C=O) groups is 3. The van der Waals surface area contributed by atoms with Crippen LogP contribution in [0, 0.1) is 0 Å². The standard InChI is InChI=1S/C21H27N7O6/c1-27(10-13-9-23-17-16(28(13)2)19(32)26-21(22)25-17)12-5-3-11(4-6-12)18(31)24-14(20(33)34)7-8-15(29)30/h3-6,13-14H,7-10H2,1-2H3,(H,24,31)(H,29,30)(H,33,34)(H4,22,23,25,26,32). The van der Waals surface area contributed by atoms with Gasteiger partial charge in [0.25, 0.3) is 11.5 Å². The number of carboxylic acid groups (broad SMARTS) is 2. The Hall–Kier alpha value is -4.29. The van der Waals surface area contributed by atoms with Gasteiger partial charge in [-0.2, -0.15) is 4.98 Å². The molecule has 1 amide bonds. The molecule has 7 N–H and O–H groups in total. The Kier molecular flexibility index (Phi) is 7.24. The topological polar surface area (TPSA) is 194 Å². The van der Waals surface area contributed by atoms with Crippen molar-refractivity contribution in [2.75, 3.05) is 48.0 Å². The Morgan fingerprint density at radius 3 is 2.59 bits per heavy atom. The molecule has 2 atom stereocenters. The molecule has 0 saturated heterocycles. The highest BCUT2D eigenvalue weighted by molar-refractivity contribution is 5.97. The lowest BCUT2D eigenvalue weighted by Gasteiger charge is -2.37. The van der Waals surface area contributed by atoms with E-state index in [0.29, 0.717) is 24.6 Å². The fraction of sp³-hybridized carbons (Fsp3) is 0.381. The van der Waals surface area contributed by atoms with Crippen LogP contribution in [0.1, 0.15) is 23.2 Å². The van der Waals surface area contributed by atoms with Crippen molar-refractivity contribution in [1.29, 1.82) is 0 Å². The smallest absolute Gasteiger partial charge is 0.326 e. The van der Waals surface area contributed by atoms with Crippen molar-refractivity contribution in [2.45, 2.75) is 24.9 Å². The summed E-state index contributed by atoms with van der Waals surface area (Å²) in [5.41, 5.74) is 6.74. The van der Waals surface area contributed by atoms with Gasteiger partial charge in [0, 0.05) is 44.9 Å². The van der Waals surface area contributed by atoms with Gasteiger partial charge in [-0.1, -0.05) is 0 Å². The molecule has 3 rings (SSSR count). The van der Waals surface area contributed by atoms with E-state index in [0.717, 1.165) is 5.69 Å². The van der Waals surface area contributed by atoms with Gasteiger partial charge in [-0.3, -0.25) is 19.4 Å². The van der Waals surface area contributed by atoms with E-state index in [4.69, 9.17) is 10.8 Å². The third-order valence-corrected chi connectivity index (χ3v) is 5.62. The van der Waals surface area contributed by atoms with Crippen LogP contribution in [0.25, 0.3) is 0 Å². The quantitative estimate of drug-likeness (QED) is 0.281. The van der Waals surface area contributed by atoms with Crippen LogP contribution >= 0.6 is 0 Å². The number of fused-ring (bicyclic) bond motifs is 1. The molecule has 1 aliphatic rings. The molecule has 1 aromatic carbocycles. The Bertz CT molecular complexity index is 1130. The SMILES string of the molecule is CN(CC1CNc2nc(N)[nH]c(=O)c2N1C)c1ccc(C(=O)NC(CCC(=O)O)C(=O)O)cc1. The highest BCUT2D eigenvalue weighted by Gasteiger charge is 2.28.